The number of nitrogens with zero attached hydrogens (tertiary/aromatic N) is 5. The smallest absolute Gasteiger partial charge is 0.280 e. The molecule has 0 spiro atoms. The zero-order valence-corrected chi connectivity index (χ0v) is 38.5. The molecule has 6 atom stereocenters. The molecule has 2 N–H and O–H groups in total. The molecule has 2 saturated heterocycles. The molecule has 0 saturated carbocycles. The molecular weight excluding hydrogens is 822 g/mol. The molecule has 2 bridgehead atoms. The number of hydrogen-bond acceptors (Lipinski definition) is 13. The number of anilines is 1. The predicted octanol–water partition coefficient (Wildman–Crippen LogP) is 8.32. The van der Waals surface area contributed by atoms with Crippen molar-refractivity contribution in [1.29, 1.82) is 5.26 Å². The number of benzene rings is 3. The molecule has 0 radical (unpaired) electrons. The Hall–Kier alpha value is -4.91. The number of H-pyrrole nitrogens is 1. The third kappa shape index (κ3) is 9.09. The van der Waals surface area contributed by atoms with Crippen LogP contribution in [0.1, 0.15) is 84.2 Å². The number of aromatic nitrogens is 4. The first-order chi connectivity index (χ1) is 30.4. The van der Waals surface area contributed by atoms with Gasteiger partial charge in [-0.1, -0.05) is 75.4 Å². The average Bonchev–Trinajstić information content (AvgIpc) is 3.97. The van der Waals surface area contributed by atoms with Gasteiger partial charge in [0.05, 0.1) is 52.4 Å². The Morgan fingerprint density at radius 2 is 1.59 bits per heavy atom. The minimum Gasteiger partial charge on any atom is -0.497 e. The van der Waals surface area contributed by atoms with E-state index in [1.807, 2.05) is 66.7 Å². The summed E-state index contributed by atoms with van der Waals surface area (Å²) in [6.07, 6.45) is -0.774. The van der Waals surface area contributed by atoms with Crippen molar-refractivity contribution in [1.82, 2.24) is 24.2 Å². The van der Waals surface area contributed by atoms with Gasteiger partial charge in [-0.2, -0.15) is 10.2 Å². The lowest BCUT2D eigenvalue weighted by atomic mass is 9.79. The molecule has 7 rings (SSSR count). The SMILES string of the molecule is CC[C@@H](OC(c1ccccc1)(c1ccc(OC)cc1)c1ccc(OC)cc1)C12CO[C@@H]([C@H](n3cnc4c(=O)[nH]c(NCC(C)C)nc43)O1)[C@@H]2OP(OCCC#N)N(C(C)C)C(C)C. The number of nitrogens with one attached hydrogen (secondary N) is 2. The van der Waals surface area contributed by atoms with Gasteiger partial charge < -0.3 is 38.0 Å². The number of fused-ring (bicyclic) bond motifs is 3. The van der Waals surface area contributed by atoms with E-state index in [4.69, 9.17) is 37.7 Å². The standard InChI is InChI=1S/C47H60N7O8P/c1-10-38(60-47(33-15-12-11-13-16-33,34-17-21-36(56-8)22-18-34)35-19-23-37(57-9)24-20-35)46-28-58-40(41(46)62-63(59-26-14-25-48)54(31(4)5)32(6)7)44(61-46)53-29-50-39-42(53)51-45(52-43(39)55)49-27-30(2)3/h11-13,15-24,29-32,38,40-41,44H,10,14,26-28H2,1-9H3,(H2,49,51,52,55)/t38-,40-,41+,44-,46?,63?/m1/s1. The van der Waals surface area contributed by atoms with E-state index in [0.29, 0.717) is 42.0 Å². The topological polar surface area (TPSA) is 167 Å². The molecule has 0 aliphatic carbocycles. The van der Waals surface area contributed by atoms with Crippen LogP contribution >= 0.6 is 8.53 Å². The Morgan fingerprint density at radius 3 is 2.14 bits per heavy atom. The molecule has 336 valence electrons. The van der Waals surface area contributed by atoms with Crippen LogP contribution in [0.25, 0.3) is 11.2 Å². The fourth-order valence-electron chi connectivity index (χ4n) is 8.67. The summed E-state index contributed by atoms with van der Waals surface area (Å²) in [6, 6.07) is 28.2. The molecule has 2 aliphatic rings. The van der Waals surface area contributed by atoms with Crippen LogP contribution < -0.4 is 20.3 Å². The van der Waals surface area contributed by atoms with Gasteiger partial charge in [0.1, 0.15) is 34.9 Å². The Balaban J connectivity index is 1.41. The van der Waals surface area contributed by atoms with Crippen LogP contribution in [-0.2, 0) is 28.9 Å². The van der Waals surface area contributed by atoms with E-state index in [2.05, 4.69) is 86.6 Å². The molecule has 2 unspecified atom stereocenters. The van der Waals surface area contributed by atoms with Crippen molar-refractivity contribution in [3.8, 4) is 17.6 Å². The van der Waals surface area contributed by atoms with Crippen molar-refractivity contribution < 1.29 is 32.7 Å². The minimum absolute atomic E-state index is 0.0326. The Labute approximate surface area is 370 Å². The van der Waals surface area contributed by atoms with Gasteiger partial charge in [-0.05, 0) is 81.0 Å². The first-order valence-electron chi connectivity index (χ1n) is 21.7. The summed E-state index contributed by atoms with van der Waals surface area (Å²) in [5.41, 5.74) is 0.267. The normalized spacial score (nSPS) is 20.8. The molecule has 2 aromatic heterocycles. The zero-order valence-electron chi connectivity index (χ0n) is 37.6. The maximum Gasteiger partial charge on any atom is 0.280 e. The van der Waals surface area contributed by atoms with E-state index in [9.17, 15) is 10.1 Å². The van der Waals surface area contributed by atoms with Gasteiger partial charge in [-0.25, -0.2) is 9.65 Å². The van der Waals surface area contributed by atoms with Crippen molar-refractivity contribution in [2.24, 2.45) is 5.92 Å². The second-order valence-corrected chi connectivity index (χ2v) is 18.3. The third-order valence-corrected chi connectivity index (χ3v) is 13.7. The summed E-state index contributed by atoms with van der Waals surface area (Å²) in [4.78, 5) is 25.6. The second-order valence-electron chi connectivity index (χ2n) is 16.8. The number of imidazole rings is 1. The van der Waals surface area contributed by atoms with Crippen LogP contribution in [0.2, 0.25) is 0 Å². The molecule has 2 fully saturated rings. The number of rotatable bonds is 21. The fraction of sp³-hybridized carbons (Fsp3) is 0.489. The molecule has 16 heteroatoms. The number of methoxy groups -OCH3 is 2. The average molecular weight is 882 g/mol. The second kappa shape index (κ2) is 19.9. The van der Waals surface area contributed by atoms with E-state index >= 15 is 0 Å². The Morgan fingerprint density at radius 1 is 0.968 bits per heavy atom. The predicted molar refractivity (Wildman–Crippen MR) is 242 cm³/mol. The van der Waals surface area contributed by atoms with Crippen LogP contribution in [0, 0.1) is 17.2 Å². The van der Waals surface area contributed by atoms with E-state index in [0.717, 1.165) is 16.7 Å². The van der Waals surface area contributed by atoms with Crippen LogP contribution in [0.3, 0.4) is 0 Å². The van der Waals surface area contributed by atoms with Crippen molar-refractivity contribution in [3.63, 3.8) is 0 Å². The van der Waals surface area contributed by atoms with Crippen molar-refractivity contribution in [2.45, 2.75) is 109 Å². The summed E-state index contributed by atoms with van der Waals surface area (Å²) in [6.45, 7) is 15.5. The zero-order chi connectivity index (χ0) is 44.9. The van der Waals surface area contributed by atoms with E-state index in [-0.39, 0.29) is 42.8 Å². The van der Waals surface area contributed by atoms with Gasteiger partial charge in [-0.3, -0.25) is 14.3 Å². The van der Waals surface area contributed by atoms with Crippen molar-refractivity contribution in [2.75, 3.05) is 39.3 Å². The quantitative estimate of drug-likeness (QED) is 0.0411. The summed E-state index contributed by atoms with van der Waals surface area (Å²) in [5, 5.41) is 12.8. The van der Waals surface area contributed by atoms with E-state index < -0.39 is 44.3 Å². The highest BCUT2D eigenvalue weighted by molar-refractivity contribution is 7.44. The molecule has 2 aliphatic heterocycles. The van der Waals surface area contributed by atoms with Crippen molar-refractivity contribution >= 4 is 25.6 Å². The highest BCUT2D eigenvalue weighted by Gasteiger charge is 2.68. The summed E-state index contributed by atoms with van der Waals surface area (Å²) >= 11 is 0. The number of nitriles is 1. The molecule has 4 heterocycles. The van der Waals surface area contributed by atoms with Crippen LogP contribution in [0.15, 0.2) is 90.0 Å². The largest absolute Gasteiger partial charge is 0.497 e. The fourth-order valence-corrected chi connectivity index (χ4v) is 10.5. The summed E-state index contributed by atoms with van der Waals surface area (Å²) in [7, 11) is 1.52. The van der Waals surface area contributed by atoms with Gasteiger partial charge in [0, 0.05) is 18.6 Å². The summed E-state index contributed by atoms with van der Waals surface area (Å²) in [5.74, 6) is 2.05. The van der Waals surface area contributed by atoms with Gasteiger partial charge in [0.25, 0.3) is 14.1 Å². The van der Waals surface area contributed by atoms with Crippen LogP contribution in [-0.4, -0.2) is 94.2 Å². The van der Waals surface area contributed by atoms with Crippen LogP contribution in [0.5, 0.6) is 11.5 Å². The van der Waals surface area contributed by atoms with Gasteiger partial charge in [-0.15, -0.1) is 0 Å². The third-order valence-electron chi connectivity index (χ3n) is 11.6. The van der Waals surface area contributed by atoms with E-state index in [1.165, 1.54) is 0 Å². The highest BCUT2D eigenvalue weighted by atomic mass is 31.2. The Bertz CT molecular complexity index is 2310. The monoisotopic (exact) mass is 881 g/mol. The number of ether oxygens (including phenoxy) is 5. The molecule has 15 nitrogen and oxygen atoms in total. The maximum absolute atomic E-state index is 13.4. The van der Waals surface area contributed by atoms with Gasteiger partial charge >= 0.3 is 0 Å². The molecule has 0 amide bonds. The maximum atomic E-state index is 13.4. The summed E-state index contributed by atoms with van der Waals surface area (Å²) < 4.78 is 51.1. The lowest BCUT2D eigenvalue weighted by Gasteiger charge is -2.45. The highest BCUT2D eigenvalue weighted by Crippen LogP contribution is 2.58. The molecule has 3 aromatic carbocycles. The number of aromatic amines is 1. The first kappa shape index (κ1) is 46.1. The minimum atomic E-state index is -1.78. The molecular formula is C47H60N7O8P. The van der Waals surface area contributed by atoms with Gasteiger partial charge in [0.15, 0.2) is 17.4 Å². The molecule has 63 heavy (non-hydrogen) atoms. The number of hydrogen-bond donors (Lipinski definition) is 2. The first-order valence-corrected chi connectivity index (χ1v) is 22.8. The van der Waals surface area contributed by atoms with Crippen molar-refractivity contribution in [3.05, 3.63) is 112 Å². The lowest BCUT2D eigenvalue weighted by Crippen LogP contribution is -2.56. The Kier molecular flexibility index (Phi) is 14.5. The van der Waals surface area contributed by atoms with Crippen LogP contribution in [0.4, 0.5) is 5.95 Å². The molecule has 5 aromatic rings. The lowest BCUT2D eigenvalue weighted by molar-refractivity contribution is -0.233. The van der Waals surface area contributed by atoms with Gasteiger partial charge in [0.2, 0.25) is 5.95 Å². The van der Waals surface area contributed by atoms with E-state index in [1.54, 1.807) is 25.1 Å².